The molecule has 1 aliphatic heterocycles. The average Bonchev–Trinajstić information content (AvgIpc) is 2.77. The molecule has 2 rings (SSSR count). The van der Waals surface area contributed by atoms with Gasteiger partial charge in [0.05, 0.1) is 4.90 Å². The van der Waals surface area contributed by atoms with Crippen molar-refractivity contribution in [1.29, 1.82) is 0 Å². The van der Waals surface area contributed by atoms with Crippen LogP contribution in [0.4, 0.5) is 0 Å². The van der Waals surface area contributed by atoms with Crippen LogP contribution >= 0.6 is 11.6 Å². The van der Waals surface area contributed by atoms with Crippen molar-refractivity contribution in [3.05, 3.63) is 28.8 Å². The predicted molar refractivity (Wildman–Crippen MR) is 80.4 cm³/mol. The summed E-state index contributed by atoms with van der Waals surface area (Å²) in [6.07, 6.45) is 0.840. The van der Waals surface area contributed by atoms with E-state index in [9.17, 15) is 8.42 Å². The van der Waals surface area contributed by atoms with Crippen LogP contribution in [-0.2, 0) is 16.6 Å². The molecule has 0 radical (unpaired) electrons. The van der Waals surface area contributed by atoms with E-state index in [0.29, 0.717) is 11.6 Å². The third-order valence-corrected chi connectivity index (χ3v) is 5.29. The molecule has 1 aliphatic rings. The molecule has 112 valence electrons. The summed E-state index contributed by atoms with van der Waals surface area (Å²) in [7, 11) is 0.296. The van der Waals surface area contributed by atoms with Gasteiger partial charge >= 0.3 is 0 Å². The van der Waals surface area contributed by atoms with Gasteiger partial charge < -0.3 is 10.2 Å². The Labute approximate surface area is 125 Å². The van der Waals surface area contributed by atoms with Crippen LogP contribution in [0.25, 0.3) is 0 Å². The van der Waals surface area contributed by atoms with Gasteiger partial charge in [0.1, 0.15) is 0 Å². The van der Waals surface area contributed by atoms with E-state index >= 15 is 0 Å². The number of likely N-dealkylation sites (tertiary alicyclic amines) is 1. The standard InChI is InChI=1S/C13H20ClN3O2S/c1-15-8-10-7-12(3-4-13(10)14)20(18,19)16-11-5-6-17(2)9-11/h3-4,7,11,15-16H,5-6,8-9H2,1-2H3. The summed E-state index contributed by atoms with van der Waals surface area (Å²) < 4.78 is 27.5. The lowest BCUT2D eigenvalue weighted by atomic mass is 10.2. The van der Waals surface area contributed by atoms with E-state index in [1.807, 2.05) is 7.05 Å². The molecule has 20 heavy (non-hydrogen) atoms. The Kier molecular flexibility index (Phi) is 5.04. The predicted octanol–water partition coefficient (Wildman–Crippen LogP) is 1.04. The Hall–Kier alpha value is -0.660. The van der Waals surface area contributed by atoms with Crippen molar-refractivity contribution < 1.29 is 8.42 Å². The molecule has 1 atom stereocenters. The largest absolute Gasteiger partial charge is 0.316 e. The van der Waals surface area contributed by atoms with Crippen molar-refractivity contribution in [3.8, 4) is 0 Å². The van der Waals surface area contributed by atoms with Crippen LogP contribution in [0.2, 0.25) is 5.02 Å². The molecular formula is C13H20ClN3O2S. The minimum Gasteiger partial charge on any atom is -0.316 e. The SMILES string of the molecule is CNCc1cc(S(=O)(=O)NC2CCN(C)C2)ccc1Cl. The van der Waals surface area contributed by atoms with Crippen molar-refractivity contribution in [2.24, 2.45) is 0 Å². The molecular weight excluding hydrogens is 298 g/mol. The summed E-state index contributed by atoms with van der Waals surface area (Å²) >= 11 is 6.05. The highest BCUT2D eigenvalue weighted by molar-refractivity contribution is 7.89. The maximum absolute atomic E-state index is 12.4. The van der Waals surface area contributed by atoms with Gasteiger partial charge in [-0.3, -0.25) is 0 Å². The third kappa shape index (κ3) is 3.71. The zero-order chi connectivity index (χ0) is 14.8. The molecule has 0 saturated carbocycles. The first-order chi connectivity index (χ1) is 9.42. The molecule has 5 nitrogen and oxygen atoms in total. The van der Waals surface area contributed by atoms with Crippen LogP contribution in [0.1, 0.15) is 12.0 Å². The normalized spacial score (nSPS) is 20.4. The van der Waals surface area contributed by atoms with Gasteiger partial charge in [-0.1, -0.05) is 11.6 Å². The lowest BCUT2D eigenvalue weighted by Crippen LogP contribution is -2.36. The first-order valence-corrected chi connectivity index (χ1v) is 8.42. The van der Waals surface area contributed by atoms with Gasteiger partial charge in [-0.15, -0.1) is 0 Å². The van der Waals surface area contributed by atoms with Gasteiger partial charge in [0.2, 0.25) is 10.0 Å². The summed E-state index contributed by atoms with van der Waals surface area (Å²) in [5.74, 6) is 0. The van der Waals surface area contributed by atoms with Crippen molar-refractivity contribution in [1.82, 2.24) is 14.9 Å². The summed E-state index contributed by atoms with van der Waals surface area (Å²) in [4.78, 5) is 2.38. The number of rotatable bonds is 5. The maximum Gasteiger partial charge on any atom is 0.240 e. The van der Waals surface area contributed by atoms with E-state index in [1.54, 1.807) is 25.2 Å². The second-order valence-electron chi connectivity index (χ2n) is 5.15. The molecule has 0 aromatic heterocycles. The average molecular weight is 318 g/mol. The number of nitrogens with zero attached hydrogens (tertiary/aromatic N) is 1. The highest BCUT2D eigenvalue weighted by Crippen LogP contribution is 2.21. The molecule has 1 aromatic rings. The number of halogens is 1. The van der Waals surface area contributed by atoms with Crippen LogP contribution in [0, 0.1) is 0 Å². The van der Waals surface area contributed by atoms with E-state index in [2.05, 4.69) is 14.9 Å². The van der Waals surface area contributed by atoms with Crippen LogP contribution in [-0.4, -0.2) is 46.5 Å². The molecule has 1 fully saturated rings. The molecule has 1 saturated heterocycles. The smallest absolute Gasteiger partial charge is 0.240 e. The van der Waals surface area contributed by atoms with Gasteiger partial charge in [-0.25, -0.2) is 13.1 Å². The highest BCUT2D eigenvalue weighted by Gasteiger charge is 2.25. The first-order valence-electron chi connectivity index (χ1n) is 6.56. The van der Waals surface area contributed by atoms with Crippen molar-refractivity contribution in [2.75, 3.05) is 27.2 Å². The van der Waals surface area contributed by atoms with Crippen LogP contribution in [0.3, 0.4) is 0 Å². The Morgan fingerprint density at radius 2 is 2.20 bits per heavy atom. The fourth-order valence-corrected chi connectivity index (χ4v) is 3.86. The number of hydrogen-bond acceptors (Lipinski definition) is 4. The number of hydrogen-bond donors (Lipinski definition) is 2. The Morgan fingerprint density at radius 1 is 1.45 bits per heavy atom. The molecule has 2 N–H and O–H groups in total. The summed E-state index contributed by atoms with van der Waals surface area (Å²) in [6, 6.07) is 4.78. The molecule has 0 spiro atoms. The summed E-state index contributed by atoms with van der Waals surface area (Å²) in [5.41, 5.74) is 0.778. The molecule has 1 heterocycles. The van der Waals surface area contributed by atoms with Crippen LogP contribution < -0.4 is 10.0 Å². The van der Waals surface area contributed by atoms with E-state index in [1.165, 1.54) is 0 Å². The van der Waals surface area contributed by atoms with Gasteiger partial charge in [0, 0.05) is 24.2 Å². The number of benzene rings is 1. The second-order valence-corrected chi connectivity index (χ2v) is 7.27. The fraction of sp³-hybridized carbons (Fsp3) is 0.538. The molecule has 1 aromatic carbocycles. The summed E-state index contributed by atoms with van der Waals surface area (Å²) in [5, 5.41) is 3.54. The van der Waals surface area contributed by atoms with E-state index in [-0.39, 0.29) is 10.9 Å². The Morgan fingerprint density at radius 3 is 2.80 bits per heavy atom. The lowest BCUT2D eigenvalue weighted by molar-refractivity contribution is 0.407. The zero-order valence-corrected chi connectivity index (χ0v) is 13.3. The van der Waals surface area contributed by atoms with Crippen molar-refractivity contribution in [2.45, 2.75) is 23.9 Å². The molecule has 0 amide bonds. The van der Waals surface area contributed by atoms with Gasteiger partial charge in [-0.2, -0.15) is 0 Å². The molecule has 7 heteroatoms. The quantitative estimate of drug-likeness (QED) is 0.852. The highest BCUT2D eigenvalue weighted by atomic mass is 35.5. The number of nitrogens with one attached hydrogen (secondary N) is 2. The fourth-order valence-electron chi connectivity index (χ4n) is 2.36. The van der Waals surface area contributed by atoms with Gasteiger partial charge in [0.15, 0.2) is 0 Å². The minimum absolute atomic E-state index is 0.0200. The monoisotopic (exact) mass is 317 g/mol. The topological polar surface area (TPSA) is 61.4 Å². The van der Waals surface area contributed by atoms with Gasteiger partial charge in [0.25, 0.3) is 0 Å². The van der Waals surface area contributed by atoms with Crippen molar-refractivity contribution in [3.63, 3.8) is 0 Å². The molecule has 1 unspecified atom stereocenters. The Bertz CT molecular complexity index is 577. The first kappa shape index (κ1) is 15.7. The van der Waals surface area contributed by atoms with E-state index in [0.717, 1.165) is 25.1 Å². The maximum atomic E-state index is 12.4. The number of sulfonamides is 1. The molecule has 0 bridgehead atoms. The lowest BCUT2D eigenvalue weighted by Gasteiger charge is -2.14. The Balaban J connectivity index is 2.18. The molecule has 0 aliphatic carbocycles. The third-order valence-electron chi connectivity index (χ3n) is 3.41. The van der Waals surface area contributed by atoms with E-state index in [4.69, 9.17) is 11.6 Å². The minimum atomic E-state index is -3.49. The zero-order valence-electron chi connectivity index (χ0n) is 11.7. The number of likely N-dealkylation sites (N-methyl/N-ethyl adjacent to an activating group) is 1. The van der Waals surface area contributed by atoms with E-state index < -0.39 is 10.0 Å². The second kappa shape index (κ2) is 6.41. The van der Waals surface area contributed by atoms with Gasteiger partial charge in [-0.05, 0) is 50.8 Å². The van der Waals surface area contributed by atoms with Crippen molar-refractivity contribution >= 4 is 21.6 Å². The summed E-state index contributed by atoms with van der Waals surface area (Å²) in [6.45, 7) is 2.20. The van der Waals surface area contributed by atoms with Crippen LogP contribution in [0.5, 0.6) is 0 Å². The van der Waals surface area contributed by atoms with Crippen LogP contribution in [0.15, 0.2) is 23.1 Å².